The molecular weight excluding hydrogens is 328 g/mol. The Morgan fingerprint density at radius 1 is 0.885 bits per heavy atom. The minimum atomic E-state index is -0.680. The van der Waals surface area contributed by atoms with Crippen LogP contribution in [0.3, 0.4) is 0 Å². The lowest BCUT2D eigenvalue weighted by Gasteiger charge is -2.18. The zero-order valence-electron chi connectivity index (χ0n) is 14.2. The second-order valence-corrected chi connectivity index (χ2v) is 5.88. The molecule has 3 aromatic rings. The van der Waals surface area contributed by atoms with Crippen LogP contribution >= 0.6 is 0 Å². The Morgan fingerprint density at radius 2 is 1.58 bits per heavy atom. The first kappa shape index (κ1) is 17.5. The topological polar surface area (TPSA) is 71.3 Å². The van der Waals surface area contributed by atoms with Gasteiger partial charge in [-0.15, -0.1) is 0 Å². The van der Waals surface area contributed by atoms with Crippen molar-refractivity contribution in [2.24, 2.45) is 0 Å². The van der Waals surface area contributed by atoms with Crippen LogP contribution in [0.2, 0.25) is 0 Å². The van der Waals surface area contributed by atoms with Gasteiger partial charge in [0.05, 0.1) is 12.8 Å². The van der Waals surface area contributed by atoms with Gasteiger partial charge in [0.2, 0.25) is 5.91 Å². The monoisotopic (exact) mass is 348 g/mol. The summed E-state index contributed by atoms with van der Waals surface area (Å²) < 4.78 is 5.23. The molecule has 2 aromatic carbocycles. The predicted molar refractivity (Wildman–Crippen MR) is 98.4 cm³/mol. The van der Waals surface area contributed by atoms with Crippen molar-refractivity contribution in [3.05, 3.63) is 95.9 Å². The molecule has 2 N–H and O–H groups in total. The number of hydrogen-bond acceptors (Lipinski definition) is 3. The number of nitrogens with one attached hydrogen (secondary N) is 2. The highest BCUT2D eigenvalue weighted by Crippen LogP contribution is 2.07. The molecule has 0 fully saturated rings. The number of carbonyl (C=O) groups is 2. The second kappa shape index (κ2) is 8.67. The molecule has 5 nitrogen and oxygen atoms in total. The number of rotatable bonds is 7. The lowest BCUT2D eigenvalue weighted by Crippen LogP contribution is -2.47. The average Bonchev–Trinajstić information content (AvgIpc) is 3.20. The van der Waals surface area contributed by atoms with Crippen molar-refractivity contribution in [3.63, 3.8) is 0 Å². The smallest absolute Gasteiger partial charge is 0.251 e. The molecular formula is C21H20N2O3. The minimum Gasteiger partial charge on any atom is -0.467 e. The van der Waals surface area contributed by atoms with E-state index in [1.165, 1.54) is 0 Å². The molecule has 5 heteroatoms. The van der Waals surface area contributed by atoms with E-state index in [4.69, 9.17) is 4.42 Å². The first-order chi connectivity index (χ1) is 12.7. The van der Waals surface area contributed by atoms with Crippen LogP contribution in [0.5, 0.6) is 0 Å². The maximum Gasteiger partial charge on any atom is 0.251 e. The highest BCUT2D eigenvalue weighted by Gasteiger charge is 2.22. The number of benzene rings is 2. The van der Waals surface area contributed by atoms with E-state index in [0.717, 1.165) is 5.56 Å². The largest absolute Gasteiger partial charge is 0.467 e. The molecule has 1 aromatic heterocycles. The average molecular weight is 348 g/mol. The van der Waals surface area contributed by atoms with Crippen molar-refractivity contribution in [1.82, 2.24) is 10.6 Å². The van der Waals surface area contributed by atoms with Crippen LogP contribution < -0.4 is 10.6 Å². The van der Waals surface area contributed by atoms with Crippen molar-refractivity contribution >= 4 is 11.8 Å². The molecule has 26 heavy (non-hydrogen) atoms. The number of amides is 2. The van der Waals surface area contributed by atoms with Crippen LogP contribution in [0.4, 0.5) is 0 Å². The molecule has 0 saturated carbocycles. The van der Waals surface area contributed by atoms with Crippen LogP contribution in [0, 0.1) is 0 Å². The van der Waals surface area contributed by atoms with Crippen LogP contribution in [-0.2, 0) is 17.8 Å². The normalized spacial score (nSPS) is 11.5. The summed E-state index contributed by atoms with van der Waals surface area (Å²) in [4.78, 5) is 25.1. The van der Waals surface area contributed by atoms with E-state index in [-0.39, 0.29) is 18.4 Å². The van der Waals surface area contributed by atoms with E-state index in [9.17, 15) is 9.59 Å². The Labute approximate surface area is 152 Å². The van der Waals surface area contributed by atoms with Gasteiger partial charge in [-0.1, -0.05) is 48.5 Å². The maximum atomic E-state index is 12.6. The van der Waals surface area contributed by atoms with Crippen molar-refractivity contribution in [2.75, 3.05) is 0 Å². The van der Waals surface area contributed by atoms with Gasteiger partial charge in [0.25, 0.3) is 5.91 Å². The fraction of sp³-hybridized carbons (Fsp3) is 0.143. The van der Waals surface area contributed by atoms with E-state index in [2.05, 4.69) is 10.6 Å². The van der Waals surface area contributed by atoms with Crippen molar-refractivity contribution in [2.45, 2.75) is 19.0 Å². The van der Waals surface area contributed by atoms with Crippen molar-refractivity contribution in [3.8, 4) is 0 Å². The van der Waals surface area contributed by atoms with Crippen LogP contribution in [-0.4, -0.2) is 17.9 Å². The summed E-state index contributed by atoms with van der Waals surface area (Å²) in [5, 5.41) is 5.64. The Bertz CT molecular complexity index is 830. The summed E-state index contributed by atoms with van der Waals surface area (Å²) in [6.07, 6.45) is 1.96. The molecule has 0 saturated heterocycles. The van der Waals surface area contributed by atoms with Crippen molar-refractivity contribution < 1.29 is 14.0 Å². The molecule has 1 atom stereocenters. The lowest BCUT2D eigenvalue weighted by atomic mass is 10.0. The highest BCUT2D eigenvalue weighted by atomic mass is 16.3. The summed E-state index contributed by atoms with van der Waals surface area (Å²) in [5.41, 5.74) is 1.49. The molecule has 0 spiro atoms. The SMILES string of the molecule is O=C(N[C@@H](Cc1ccccc1)C(=O)NCc1ccco1)c1ccccc1. The Hall–Kier alpha value is -3.34. The van der Waals surface area contributed by atoms with E-state index < -0.39 is 6.04 Å². The summed E-state index contributed by atoms with van der Waals surface area (Å²) in [6.45, 7) is 0.276. The molecule has 132 valence electrons. The fourth-order valence-corrected chi connectivity index (χ4v) is 2.60. The minimum absolute atomic E-state index is 0.255. The van der Waals surface area contributed by atoms with Gasteiger partial charge < -0.3 is 15.1 Å². The number of furan rings is 1. The van der Waals surface area contributed by atoms with Crippen LogP contribution in [0.15, 0.2) is 83.5 Å². The molecule has 1 heterocycles. The molecule has 0 aliphatic heterocycles. The Kier molecular flexibility index (Phi) is 5.83. The first-order valence-corrected chi connectivity index (χ1v) is 8.42. The molecule has 0 bridgehead atoms. The zero-order valence-corrected chi connectivity index (χ0v) is 14.2. The van der Waals surface area contributed by atoms with Crippen LogP contribution in [0.25, 0.3) is 0 Å². The van der Waals surface area contributed by atoms with Gasteiger partial charge in [0, 0.05) is 12.0 Å². The van der Waals surface area contributed by atoms with E-state index in [1.54, 1.807) is 42.7 Å². The summed E-state index contributed by atoms with van der Waals surface area (Å²) in [6, 6.07) is 21.3. The fourth-order valence-electron chi connectivity index (χ4n) is 2.60. The van der Waals surface area contributed by atoms with Gasteiger partial charge in [-0.3, -0.25) is 9.59 Å². The highest BCUT2D eigenvalue weighted by molar-refractivity contribution is 5.97. The summed E-state index contributed by atoms with van der Waals surface area (Å²) in [7, 11) is 0. The zero-order chi connectivity index (χ0) is 18.2. The molecule has 0 aliphatic carbocycles. The van der Waals surface area contributed by atoms with Gasteiger partial charge in [-0.25, -0.2) is 0 Å². The van der Waals surface area contributed by atoms with Gasteiger partial charge >= 0.3 is 0 Å². The first-order valence-electron chi connectivity index (χ1n) is 8.42. The third-order valence-electron chi connectivity index (χ3n) is 3.96. The van der Waals surface area contributed by atoms with Gasteiger partial charge in [0.1, 0.15) is 11.8 Å². The van der Waals surface area contributed by atoms with Gasteiger partial charge in [0.15, 0.2) is 0 Å². The predicted octanol–water partition coefficient (Wildman–Crippen LogP) is 2.94. The lowest BCUT2D eigenvalue weighted by molar-refractivity contribution is -0.123. The Morgan fingerprint density at radius 3 is 2.23 bits per heavy atom. The van der Waals surface area contributed by atoms with E-state index >= 15 is 0 Å². The van der Waals surface area contributed by atoms with E-state index in [1.807, 2.05) is 36.4 Å². The van der Waals surface area contributed by atoms with Crippen molar-refractivity contribution in [1.29, 1.82) is 0 Å². The number of hydrogen-bond donors (Lipinski definition) is 2. The molecule has 0 radical (unpaired) electrons. The summed E-state index contributed by atoms with van der Waals surface area (Å²) in [5.74, 6) is 0.125. The third kappa shape index (κ3) is 4.83. The van der Waals surface area contributed by atoms with Gasteiger partial charge in [-0.05, 0) is 29.8 Å². The standard InChI is InChI=1S/C21H20N2O3/c24-20(17-10-5-2-6-11-17)23-19(14-16-8-3-1-4-9-16)21(25)22-15-18-12-7-13-26-18/h1-13,19H,14-15H2,(H,22,25)(H,23,24)/t19-/m0/s1. The quantitative estimate of drug-likeness (QED) is 0.690. The second-order valence-electron chi connectivity index (χ2n) is 5.88. The van der Waals surface area contributed by atoms with E-state index in [0.29, 0.717) is 17.7 Å². The Balaban J connectivity index is 1.70. The molecule has 0 unspecified atom stereocenters. The molecule has 0 aliphatic rings. The van der Waals surface area contributed by atoms with Crippen LogP contribution in [0.1, 0.15) is 21.7 Å². The third-order valence-corrected chi connectivity index (χ3v) is 3.96. The maximum absolute atomic E-state index is 12.6. The molecule has 2 amide bonds. The molecule has 3 rings (SSSR count). The summed E-state index contributed by atoms with van der Waals surface area (Å²) >= 11 is 0. The number of carbonyl (C=O) groups excluding carboxylic acids is 2. The van der Waals surface area contributed by atoms with Gasteiger partial charge in [-0.2, -0.15) is 0 Å².